The molecule has 2 aliphatic heterocycles. The lowest BCUT2D eigenvalue weighted by molar-refractivity contribution is -0.00917. The first-order valence-corrected chi connectivity index (χ1v) is 7.50. The number of rotatable bonds is 1. The van der Waals surface area contributed by atoms with Crippen molar-refractivity contribution in [1.82, 2.24) is 4.90 Å². The number of carbonyl (C=O) groups is 1. The molecule has 4 heteroatoms. The molecule has 0 aliphatic carbocycles. The Morgan fingerprint density at radius 2 is 2.00 bits per heavy atom. The molecule has 1 unspecified atom stereocenters. The molecule has 1 saturated heterocycles. The summed E-state index contributed by atoms with van der Waals surface area (Å²) in [5, 5.41) is 4.29. The van der Waals surface area contributed by atoms with E-state index in [9.17, 15) is 4.79 Å². The summed E-state index contributed by atoms with van der Waals surface area (Å²) in [5.41, 5.74) is 1.56. The maximum atomic E-state index is 12.5. The third-order valence-electron chi connectivity index (χ3n) is 4.33. The van der Waals surface area contributed by atoms with E-state index in [0.29, 0.717) is 6.54 Å². The fraction of sp³-hybridized carbons (Fsp3) is 0.529. The van der Waals surface area contributed by atoms with Gasteiger partial charge in [0.2, 0.25) is 0 Å². The molecule has 0 bridgehead atoms. The summed E-state index contributed by atoms with van der Waals surface area (Å²) < 4.78 is 0. The van der Waals surface area contributed by atoms with Crippen molar-refractivity contribution >= 4 is 11.6 Å². The largest absolute Gasteiger partial charge is 0.387 e. The molecule has 1 spiro atoms. The second kappa shape index (κ2) is 4.86. The predicted molar refractivity (Wildman–Crippen MR) is 82.3 cm³/mol. The molecule has 0 saturated carbocycles. The average molecular weight is 286 g/mol. The van der Waals surface area contributed by atoms with Gasteiger partial charge in [0.25, 0.3) is 5.91 Å². The molecule has 2 heterocycles. The van der Waals surface area contributed by atoms with Crippen LogP contribution in [0.3, 0.4) is 0 Å². The summed E-state index contributed by atoms with van der Waals surface area (Å²) in [6.07, 6.45) is 1.68. The second-order valence-corrected chi connectivity index (χ2v) is 7.08. The molecular formula is C17H22N2O2. The molecule has 4 nitrogen and oxygen atoms in total. The molecule has 1 amide bonds. The van der Waals surface area contributed by atoms with Gasteiger partial charge in [0, 0.05) is 30.4 Å². The minimum Gasteiger partial charge on any atom is -0.387 e. The van der Waals surface area contributed by atoms with E-state index in [0.717, 1.165) is 30.7 Å². The third-order valence-corrected chi connectivity index (χ3v) is 4.33. The van der Waals surface area contributed by atoms with Crippen molar-refractivity contribution in [3.63, 3.8) is 0 Å². The first kappa shape index (κ1) is 14.1. The van der Waals surface area contributed by atoms with E-state index in [1.807, 2.05) is 35.2 Å². The number of benzene rings is 1. The fourth-order valence-corrected chi connectivity index (χ4v) is 2.92. The van der Waals surface area contributed by atoms with Gasteiger partial charge in [-0.05, 0) is 12.1 Å². The van der Waals surface area contributed by atoms with Gasteiger partial charge >= 0.3 is 0 Å². The van der Waals surface area contributed by atoms with Gasteiger partial charge in [-0.15, -0.1) is 0 Å². The fourth-order valence-electron chi connectivity index (χ4n) is 2.92. The van der Waals surface area contributed by atoms with Gasteiger partial charge in [0.15, 0.2) is 5.60 Å². The number of nitrogens with zero attached hydrogens (tertiary/aromatic N) is 2. The van der Waals surface area contributed by atoms with E-state index < -0.39 is 0 Å². The van der Waals surface area contributed by atoms with Crippen molar-refractivity contribution < 1.29 is 9.63 Å². The van der Waals surface area contributed by atoms with E-state index in [1.54, 1.807) is 0 Å². The Morgan fingerprint density at radius 3 is 2.62 bits per heavy atom. The van der Waals surface area contributed by atoms with Gasteiger partial charge in [-0.25, -0.2) is 0 Å². The van der Waals surface area contributed by atoms with Crippen LogP contribution < -0.4 is 0 Å². The quantitative estimate of drug-likeness (QED) is 0.796. The van der Waals surface area contributed by atoms with Crippen LogP contribution in [0.5, 0.6) is 0 Å². The maximum absolute atomic E-state index is 12.5. The first-order chi connectivity index (χ1) is 9.90. The standard InChI is InChI=1S/C17H22N2O2/c1-16(2,3)14-11-17(21-18-14)9-10-19(12-17)15(20)13-7-5-4-6-8-13/h4-8H,9-12H2,1-3H3. The van der Waals surface area contributed by atoms with Gasteiger partial charge in [0.1, 0.15) is 0 Å². The molecule has 112 valence electrons. The van der Waals surface area contributed by atoms with Crippen LogP contribution in [0.25, 0.3) is 0 Å². The second-order valence-electron chi connectivity index (χ2n) is 7.08. The lowest BCUT2D eigenvalue weighted by Gasteiger charge is -2.23. The van der Waals surface area contributed by atoms with Crippen molar-refractivity contribution in [1.29, 1.82) is 0 Å². The van der Waals surface area contributed by atoms with E-state index >= 15 is 0 Å². The van der Waals surface area contributed by atoms with Crippen LogP contribution in [0, 0.1) is 5.41 Å². The smallest absolute Gasteiger partial charge is 0.253 e. The van der Waals surface area contributed by atoms with Gasteiger partial charge in [-0.3, -0.25) is 4.79 Å². The van der Waals surface area contributed by atoms with Crippen LogP contribution in [0.15, 0.2) is 35.5 Å². The number of hydrogen-bond acceptors (Lipinski definition) is 3. The predicted octanol–water partition coefficient (Wildman–Crippen LogP) is 3.09. The molecule has 0 radical (unpaired) electrons. The van der Waals surface area contributed by atoms with Crippen LogP contribution >= 0.6 is 0 Å². The zero-order valence-electron chi connectivity index (χ0n) is 12.9. The van der Waals surface area contributed by atoms with Crippen molar-refractivity contribution in [2.45, 2.75) is 39.2 Å². The van der Waals surface area contributed by atoms with E-state index in [4.69, 9.17) is 4.84 Å². The summed E-state index contributed by atoms with van der Waals surface area (Å²) in [5.74, 6) is 0.0836. The summed E-state index contributed by atoms with van der Waals surface area (Å²) >= 11 is 0. The number of carbonyl (C=O) groups excluding carboxylic acids is 1. The number of hydrogen-bond donors (Lipinski definition) is 0. The van der Waals surface area contributed by atoms with Crippen LogP contribution in [0.2, 0.25) is 0 Å². The molecule has 1 fully saturated rings. The number of amides is 1. The molecular weight excluding hydrogens is 264 g/mol. The normalized spacial score (nSPS) is 25.1. The molecule has 0 aromatic heterocycles. The van der Waals surface area contributed by atoms with Crippen molar-refractivity contribution in [2.75, 3.05) is 13.1 Å². The number of likely N-dealkylation sites (tertiary alicyclic amines) is 1. The van der Waals surface area contributed by atoms with Crippen molar-refractivity contribution in [3.8, 4) is 0 Å². The highest BCUT2D eigenvalue weighted by molar-refractivity contribution is 5.95. The lowest BCUT2D eigenvalue weighted by atomic mass is 9.83. The summed E-state index contributed by atoms with van der Waals surface area (Å²) in [4.78, 5) is 20.1. The van der Waals surface area contributed by atoms with E-state index in [-0.39, 0.29) is 16.9 Å². The minimum atomic E-state index is -0.299. The molecule has 21 heavy (non-hydrogen) atoms. The molecule has 1 aromatic carbocycles. The third kappa shape index (κ3) is 2.67. The lowest BCUT2D eigenvalue weighted by Crippen LogP contribution is -2.37. The average Bonchev–Trinajstić information content (AvgIpc) is 3.07. The molecule has 2 aliphatic rings. The monoisotopic (exact) mass is 286 g/mol. The minimum absolute atomic E-state index is 0.0281. The van der Waals surface area contributed by atoms with Crippen molar-refractivity contribution in [2.24, 2.45) is 10.6 Å². The zero-order chi connectivity index (χ0) is 15.1. The van der Waals surface area contributed by atoms with Gasteiger partial charge < -0.3 is 9.74 Å². The Bertz CT molecular complexity index is 574. The Kier molecular flexibility index (Phi) is 3.27. The molecule has 3 rings (SSSR count). The van der Waals surface area contributed by atoms with Gasteiger partial charge in [0.05, 0.1) is 12.3 Å². The van der Waals surface area contributed by atoms with Crippen LogP contribution in [0.4, 0.5) is 0 Å². The summed E-state index contributed by atoms with van der Waals surface area (Å²) in [7, 11) is 0. The zero-order valence-corrected chi connectivity index (χ0v) is 12.9. The summed E-state index contributed by atoms with van der Waals surface area (Å²) in [6.45, 7) is 7.81. The topological polar surface area (TPSA) is 41.9 Å². The molecule has 0 N–H and O–H groups in total. The highest BCUT2D eigenvalue weighted by Crippen LogP contribution is 2.38. The number of oxime groups is 1. The Labute approximate surface area is 125 Å². The SMILES string of the molecule is CC(C)(C)C1=NOC2(CCN(C(=O)c3ccccc3)C2)C1. The van der Waals surface area contributed by atoms with Crippen LogP contribution in [0.1, 0.15) is 44.0 Å². The highest BCUT2D eigenvalue weighted by atomic mass is 16.7. The molecule has 1 atom stereocenters. The van der Waals surface area contributed by atoms with Gasteiger partial charge in [-0.1, -0.05) is 44.1 Å². The van der Waals surface area contributed by atoms with E-state index in [2.05, 4.69) is 25.9 Å². The van der Waals surface area contributed by atoms with Crippen LogP contribution in [-0.4, -0.2) is 35.2 Å². The van der Waals surface area contributed by atoms with Gasteiger partial charge in [-0.2, -0.15) is 0 Å². The Balaban J connectivity index is 1.69. The van der Waals surface area contributed by atoms with Crippen LogP contribution in [-0.2, 0) is 4.84 Å². The Hall–Kier alpha value is -1.84. The molecule has 1 aromatic rings. The maximum Gasteiger partial charge on any atom is 0.253 e. The van der Waals surface area contributed by atoms with E-state index in [1.165, 1.54) is 0 Å². The Morgan fingerprint density at radius 1 is 1.29 bits per heavy atom. The highest BCUT2D eigenvalue weighted by Gasteiger charge is 2.48. The van der Waals surface area contributed by atoms with Crippen molar-refractivity contribution in [3.05, 3.63) is 35.9 Å². The summed E-state index contributed by atoms with van der Waals surface area (Å²) in [6, 6.07) is 9.43. The first-order valence-electron chi connectivity index (χ1n) is 7.50.